The first-order chi connectivity index (χ1) is 7.35. The molecule has 0 saturated carbocycles. The molecule has 7 heteroatoms. The lowest BCUT2D eigenvalue weighted by molar-refractivity contribution is -0.120. The molecule has 16 heavy (non-hydrogen) atoms. The lowest BCUT2D eigenvalue weighted by atomic mass is 10.4. The van der Waals surface area contributed by atoms with Crippen LogP contribution in [0.4, 0.5) is 0 Å². The number of hydrogen-bond donors (Lipinski definition) is 2. The van der Waals surface area contributed by atoms with Gasteiger partial charge in [-0.2, -0.15) is 8.42 Å². The van der Waals surface area contributed by atoms with E-state index in [4.69, 9.17) is 4.55 Å². The average molecular weight is 254 g/mol. The van der Waals surface area contributed by atoms with Crippen LogP contribution in [0.15, 0.2) is 0 Å². The Labute approximate surface area is 97.8 Å². The molecule has 0 saturated heterocycles. The van der Waals surface area contributed by atoms with E-state index in [0.29, 0.717) is 13.0 Å². The zero-order valence-corrected chi connectivity index (χ0v) is 11.2. The van der Waals surface area contributed by atoms with Gasteiger partial charge in [-0.25, -0.2) is 0 Å². The number of hydrogen-bond acceptors (Lipinski definition) is 4. The van der Waals surface area contributed by atoms with E-state index < -0.39 is 10.1 Å². The van der Waals surface area contributed by atoms with Gasteiger partial charge in [-0.3, -0.25) is 9.35 Å². The Balaban J connectivity index is 0. The van der Waals surface area contributed by atoms with Crippen LogP contribution in [-0.2, 0) is 14.9 Å². The molecule has 1 amide bonds. The maximum absolute atomic E-state index is 10.8. The number of carbonyl (C=O) groups is 1. The summed E-state index contributed by atoms with van der Waals surface area (Å²) in [7, 11) is -0.675. The predicted octanol–water partition coefficient (Wildman–Crippen LogP) is -0.0317. The second-order valence-electron chi connectivity index (χ2n) is 3.01. The van der Waals surface area contributed by atoms with Gasteiger partial charge in [0.05, 0.1) is 5.75 Å². The molecule has 0 radical (unpaired) electrons. The number of nitrogens with one attached hydrogen (secondary N) is 1. The van der Waals surface area contributed by atoms with Crippen molar-refractivity contribution in [3.05, 3.63) is 0 Å². The molecule has 0 heterocycles. The van der Waals surface area contributed by atoms with E-state index in [1.807, 2.05) is 13.8 Å². The Bertz CT molecular complexity index is 277. The van der Waals surface area contributed by atoms with Crippen molar-refractivity contribution in [3.8, 4) is 0 Å². The maximum Gasteiger partial charge on any atom is 0.266 e. The smallest absolute Gasteiger partial charge is 0.266 e. The summed E-state index contributed by atoms with van der Waals surface area (Å²) < 4.78 is 29.2. The highest BCUT2D eigenvalue weighted by molar-refractivity contribution is 7.85. The van der Waals surface area contributed by atoms with Gasteiger partial charge in [0.15, 0.2) is 0 Å². The Morgan fingerprint density at radius 1 is 1.31 bits per heavy atom. The monoisotopic (exact) mass is 254 g/mol. The fraction of sp³-hybridized carbons (Fsp3) is 0.889. The van der Waals surface area contributed by atoms with Gasteiger partial charge in [0.25, 0.3) is 10.1 Å². The van der Waals surface area contributed by atoms with Crippen molar-refractivity contribution in [2.75, 3.05) is 32.9 Å². The third-order valence-corrected chi connectivity index (χ3v) is 2.43. The fourth-order valence-corrected chi connectivity index (χ4v) is 1.34. The summed E-state index contributed by atoms with van der Waals surface area (Å²) in [5.74, 6) is -0.402. The first kappa shape index (κ1) is 17.7. The standard InChI is InChI=1S/C7H16N2O4S.C2H6/c1-8-7(10)3-4-9(2)5-6-14(11,12)13;1-2/h3-6H2,1-2H3,(H,8,10)(H,11,12,13);1-2H3. The third-order valence-electron chi connectivity index (χ3n) is 1.73. The van der Waals surface area contributed by atoms with Crippen LogP contribution in [0.2, 0.25) is 0 Å². The summed E-state index contributed by atoms with van der Waals surface area (Å²) in [5, 5.41) is 2.46. The summed E-state index contributed by atoms with van der Waals surface area (Å²) >= 11 is 0. The van der Waals surface area contributed by atoms with E-state index in [2.05, 4.69) is 5.32 Å². The molecule has 6 nitrogen and oxygen atoms in total. The molecule has 0 aromatic heterocycles. The molecule has 0 aliphatic rings. The van der Waals surface area contributed by atoms with Crippen LogP contribution in [0.25, 0.3) is 0 Å². The molecule has 0 fully saturated rings. The highest BCUT2D eigenvalue weighted by Gasteiger charge is 2.08. The topological polar surface area (TPSA) is 86.7 Å². The molecule has 2 N–H and O–H groups in total. The number of carbonyl (C=O) groups excluding carboxylic acids is 1. The van der Waals surface area contributed by atoms with Gasteiger partial charge in [0.2, 0.25) is 5.91 Å². The predicted molar refractivity (Wildman–Crippen MR) is 63.9 cm³/mol. The lowest BCUT2D eigenvalue weighted by Crippen LogP contribution is -2.30. The minimum atomic E-state index is -3.91. The highest BCUT2D eigenvalue weighted by atomic mass is 32.2. The first-order valence-electron chi connectivity index (χ1n) is 5.19. The molecule has 0 aliphatic carbocycles. The van der Waals surface area contributed by atoms with Crippen molar-refractivity contribution >= 4 is 16.0 Å². The zero-order valence-electron chi connectivity index (χ0n) is 10.4. The van der Waals surface area contributed by atoms with Crippen LogP contribution in [0.1, 0.15) is 20.3 Å². The van der Waals surface area contributed by atoms with Crippen LogP contribution < -0.4 is 5.32 Å². The first-order valence-corrected chi connectivity index (χ1v) is 6.80. The fourth-order valence-electron chi connectivity index (χ4n) is 0.800. The largest absolute Gasteiger partial charge is 0.359 e. The molecule has 98 valence electrons. The van der Waals surface area contributed by atoms with Gasteiger partial charge in [-0.15, -0.1) is 0 Å². The Hall–Kier alpha value is -0.660. The number of amides is 1. The Morgan fingerprint density at radius 2 is 1.81 bits per heavy atom. The van der Waals surface area contributed by atoms with E-state index >= 15 is 0 Å². The van der Waals surface area contributed by atoms with Gasteiger partial charge < -0.3 is 10.2 Å². The summed E-state index contributed by atoms with van der Waals surface area (Å²) in [6, 6.07) is 0. The zero-order chi connectivity index (χ0) is 13.2. The second kappa shape index (κ2) is 9.56. The van der Waals surface area contributed by atoms with E-state index in [1.165, 1.54) is 0 Å². The minimum Gasteiger partial charge on any atom is -0.359 e. The molecule has 0 rings (SSSR count). The SMILES string of the molecule is CC.CNC(=O)CCN(C)CCS(=O)(=O)O. The van der Waals surface area contributed by atoms with Crippen LogP contribution in [0.3, 0.4) is 0 Å². The molecular weight excluding hydrogens is 232 g/mol. The number of nitrogens with zero attached hydrogens (tertiary/aromatic N) is 1. The van der Waals surface area contributed by atoms with Crippen molar-refractivity contribution in [1.29, 1.82) is 0 Å². The summed E-state index contributed by atoms with van der Waals surface area (Å²) in [6.07, 6.45) is 0.318. The van der Waals surface area contributed by atoms with E-state index in [0.717, 1.165) is 0 Å². The van der Waals surface area contributed by atoms with Crippen molar-refractivity contribution in [1.82, 2.24) is 10.2 Å². The highest BCUT2D eigenvalue weighted by Crippen LogP contribution is 1.90. The van der Waals surface area contributed by atoms with Crippen molar-refractivity contribution in [3.63, 3.8) is 0 Å². The van der Waals surface area contributed by atoms with Crippen LogP contribution in [-0.4, -0.2) is 56.7 Å². The average Bonchev–Trinajstić information content (AvgIpc) is 2.24. The van der Waals surface area contributed by atoms with Crippen LogP contribution in [0.5, 0.6) is 0 Å². The maximum atomic E-state index is 10.8. The normalized spacial score (nSPS) is 10.6. The van der Waals surface area contributed by atoms with E-state index in [9.17, 15) is 13.2 Å². The number of rotatable bonds is 6. The lowest BCUT2D eigenvalue weighted by Gasteiger charge is -2.14. The van der Waals surface area contributed by atoms with Crippen LogP contribution in [0, 0.1) is 0 Å². The molecular formula is C9H22N2O4S. The summed E-state index contributed by atoms with van der Waals surface area (Å²) in [6.45, 7) is 4.69. The molecule has 0 aliphatic heterocycles. The minimum absolute atomic E-state index is 0.0938. The van der Waals surface area contributed by atoms with Crippen molar-refractivity contribution in [2.24, 2.45) is 0 Å². The second-order valence-corrected chi connectivity index (χ2v) is 4.58. The van der Waals surface area contributed by atoms with Gasteiger partial charge in [-0.1, -0.05) is 13.8 Å². The van der Waals surface area contributed by atoms with Gasteiger partial charge in [0, 0.05) is 26.6 Å². The third kappa shape index (κ3) is 13.3. The molecule has 0 bridgehead atoms. The van der Waals surface area contributed by atoms with Crippen molar-refractivity contribution < 1.29 is 17.8 Å². The molecule has 0 aromatic rings. The van der Waals surface area contributed by atoms with Crippen molar-refractivity contribution in [2.45, 2.75) is 20.3 Å². The van der Waals surface area contributed by atoms with E-state index in [1.54, 1.807) is 19.0 Å². The van der Waals surface area contributed by atoms with Gasteiger partial charge in [-0.05, 0) is 7.05 Å². The summed E-state index contributed by atoms with van der Waals surface area (Å²) in [4.78, 5) is 12.5. The van der Waals surface area contributed by atoms with E-state index in [-0.39, 0.29) is 18.2 Å². The molecule has 0 spiro atoms. The summed E-state index contributed by atoms with van der Waals surface area (Å²) in [5.41, 5.74) is 0. The molecule has 0 atom stereocenters. The van der Waals surface area contributed by atoms with Crippen LogP contribution >= 0.6 is 0 Å². The Morgan fingerprint density at radius 3 is 2.19 bits per heavy atom. The molecule has 0 unspecified atom stereocenters. The quantitative estimate of drug-likeness (QED) is 0.650. The van der Waals surface area contributed by atoms with Gasteiger partial charge in [0.1, 0.15) is 0 Å². The van der Waals surface area contributed by atoms with Gasteiger partial charge >= 0.3 is 0 Å². The molecule has 0 aromatic carbocycles. The Kier molecular flexibility index (Phi) is 10.6.